The van der Waals surface area contributed by atoms with Crippen LogP contribution in [-0.4, -0.2) is 29.4 Å². The Morgan fingerprint density at radius 3 is 2.63 bits per heavy atom. The zero-order chi connectivity index (χ0) is 13.8. The van der Waals surface area contributed by atoms with Crippen molar-refractivity contribution >= 4 is 29.3 Å². The number of hydrogen-bond acceptors (Lipinski definition) is 3. The molecule has 5 heteroatoms. The van der Waals surface area contributed by atoms with Gasteiger partial charge in [0.15, 0.2) is 0 Å². The standard InChI is InChI=1S/C14H18N2O2S/c1-9(2)10-3-5-11(6-4-10)15-14(18)12-7-19-8-13(17)16-12/h3-6,9,12H,7-8H2,1-2H3,(H,15,18)(H,16,17). The minimum Gasteiger partial charge on any atom is -0.343 e. The van der Waals surface area contributed by atoms with Crippen molar-refractivity contribution in [3.8, 4) is 0 Å². The third-order valence-electron chi connectivity index (χ3n) is 3.01. The lowest BCUT2D eigenvalue weighted by Crippen LogP contribution is -2.49. The van der Waals surface area contributed by atoms with E-state index in [2.05, 4.69) is 24.5 Å². The monoisotopic (exact) mass is 278 g/mol. The van der Waals surface area contributed by atoms with Crippen LogP contribution in [0.15, 0.2) is 24.3 Å². The molecule has 1 aliphatic heterocycles. The molecule has 2 amide bonds. The second-order valence-electron chi connectivity index (χ2n) is 4.90. The van der Waals surface area contributed by atoms with Crippen LogP contribution in [0.25, 0.3) is 0 Å². The highest BCUT2D eigenvalue weighted by Crippen LogP contribution is 2.18. The van der Waals surface area contributed by atoms with Gasteiger partial charge in [0.2, 0.25) is 11.8 Å². The maximum atomic E-state index is 12.0. The van der Waals surface area contributed by atoms with Gasteiger partial charge in [-0.15, -0.1) is 11.8 Å². The summed E-state index contributed by atoms with van der Waals surface area (Å²) in [5, 5.41) is 5.53. The normalized spacial score (nSPS) is 19.1. The smallest absolute Gasteiger partial charge is 0.247 e. The fourth-order valence-electron chi connectivity index (χ4n) is 1.87. The molecule has 1 fully saturated rings. The third-order valence-corrected chi connectivity index (χ3v) is 4.05. The van der Waals surface area contributed by atoms with E-state index in [-0.39, 0.29) is 11.8 Å². The predicted octanol–water partition coefficient (Wildman–Crippen LogP) is 1.98. The molecule has 1 unspecified atom stereocenters. The average molecular weight is 278 g/mol. The molecule has 0 aliphatic carbocycles. The predicted molar refractivity (Wildman–Crippen MR) is 78.4 cm³/mol. The van der Waals surface area contributed by atoms with E-state index in [0.29, 0.717) is 17.4 Å². The lowest BCUT2D eigenvalue weighted by atomic mass is 10.0. The Labute approximate surface area is 117 Å². The Morgan fingerprint density at radius 2 is 2.05 bits per heavy atom. The van der Waals surface area contributed by atoms with Crippen molar-refractivity contribution in [3.05, 3.63) is 29.8 Å². The van der Waals surface area contributed by atoms with Crippen LogP contribution in [0.5, 0.6) is 0 Å². The number of thioether (sulfide) groups is 1. The third kappa shape index (κ3) is 3.73. The molecule has 0 aromatic heterocycles. The van der Waals surface area contributed by atoms with Crippen molar-refractivity contribution in [2.45, 2.75) is 25.8 Å². The van der Waals surface area contributed by atoms with Gasteiger partial charge < -0.3 is 10.6 Å². The molecule has 102 valence electrons. The van der Waals surface area contributed by atoms with Crippen molar-refractivity contribution in [3.63, 3.8) is 0 Å². The molecule has 2 rings (SSSR count). The molecule has 1 aromatic carbocycles. The molecule has 1 heterocycles. The first kappa shape index (κ1) is 13.9. The minimum atomic E-state index is -0.434. The molecule has 19 heavy (non-hydrogen) atoms. The Morgan fingerprint density at radius 1 is 1.37 bits per heavy atom. The molecule has 0 radical (unpaired) electrons. The number of amides is 2. The van der Waals surface area contributed by atoms with E-state index in [4.69, 9.17) is 0 Å². The summed E-state index contributed by atoms with van der Waals surface area (Å²) in [5.74, 6) is 1.30. The number of anilines is 1. The quantitative estimate of drug-likeness (QED) is 0.889. The molecule has 1 saturated heterocycles. The van der Waals surface area contributed by atoms with Gasteiger partial charge in [-0.3, -0.25) is 9.59 Å². The van der Waals surface area contributed by atoms with Crippen LogP contribution in [0.3, 0.4) is 0 Å². The molecule has 4 nitrogen and oxygen atoms in total. The van der Waals surface area contributed by atoms with Gasteiger partial charge in [0.25, 0.3) is 0 Å². The first-order chi connectivity index (χ1) is 9.06. The molecule has 1 aromatic rings. The molecule has 0 bridgehead atoms. The lowest BCUT2D eigenvalue weighted by Gasteiger charge is -2.22. The van der Waals surface area contributed by atoms with E-state index < -0.39 is 6.04 Å². The van der Waals surface area contributed by atoms with Gasteiger partial charge >= 0.3 is 0 Å². The Kier molecular flexibility index (Phi) is 4.47. The summed E-state index contributed by atoms with van der Waals surface area (Å²) in [6.45, 7) is 4.25. The van der Waals surface area contributed by atoms with Gasteiger partial charge in [0.05, 0.1) is 5.75 Å². The maximum absolute atomic E-state index is 12.0. The van der Waals surface area contributed by atoms with Crippen molar-refractivity contribution in [2.24, 2.45) is 0 Å². The Balaban J connectivity index is 1.96. The fourth-order valence-corrected chi connectivity index (χ4v) is 2.73. The number of benzene rings is 1. The summed E-state index contributed by atoms with van der Waals surface area (Å²) in [5.41, 5.74) is 2.00. The number of rotatable bonds is 3. The highest BCUT2D eigenvalue weighted by atomic mass is 32.2. The van der Waals surface area contributed by atoms with Gasteiger partial charge in [-0.05, 0) is 23.6 Å². The fraction of sp³-hybridized carbons (Fsp3) is 0.429. The van der Waals surface area contributed by atoms with Gasteiger partial charge in [0, 0.05) is 11.4 Å². The minimum absolute atomic E-state index is 0.0773. The van der Waals surface area contributed by atoms with Crippen LogP contribution >= 0.6 is 11.8 Å². The van der Waals surface area contributed by atoms with Crippen LogP contribution in [0, 0.1) is 0 Å². The van der Waals surface area contributed by atoms with Crippen LogP contribution in [0.1, 0.15) is 25.3 Å². The topological polar surface area (TPSA) is 58.2 Å². The van der Waals surface area contributed by atoms with Gasteiger partial charge in [-0.2, -0.15) is 0 Å². The van der Waals surface area contributed by atoms with E-state index in [1.165, 1.54) is 17.3 Å². The summed E-state index contributed by atoms with van der Waals surface area (Å²) >= 11 is 1.48. The average Bonchev–Trinajstić information content (AvgIpc) is 2.39. The van der Waals surface area contributed by atoms with E-state index in [1.54, 1.807) is 0 Å². The molecular weight excluding hydrogens is 260 g/mol. The molecular formula is C14H18N2O2S. The second-order valence-corrected chi connectivity index (χ2v) is 5.93. The molecule has 2 N–H and O–H groups in total. The summed E-state index contributed by atoms with van der Waals surface area (Å²) in [6, 6.07) is 7.37. The molecule has 0 saturated carbocycles. The summed E-state index contributed by atoms with van der Waals surface area (Å²) in [4.78, 5) is 23.2. The van der Waals surface area contributed by atoms with E-state index >= 15 is 0 Å². The van der Waals surface area contributed by atoms with Gasteiger partial charge in [-0.25, -0.2) is 0 Å². The number of nitrogens with one attached hydrogen (secondary N) is 2. The molecule has 0 spiro atoms. The number of carbonyl (C=O) groups is 2. The van der Waals surface area contributed by atoms with Crippen molar-refractivity contribution in [1.82, 2.24) is 5.32 Å². The largest absolute Gasteiger partial charge is 0.343 e. The van der Waals surface area contributed by atoms with Crippen molar-refractivity contribution in [1.29, 1.82) is 0 Å². The first-order valence-corrected chi connectivity index (χ1v) is 7.49. The lowest BCUT2D eigenvalue weighted by molar-refractivity contribution is -0.124. The highest BCUT2D eigenvalue weighted by Gasteiger charge is 2.24. The summed E-state index contributed by atoms with van der Waals surface area (Å²) in [7, 11) is 0. The maximum Gasteiger partial charge on any atom is 0.247 e. The second kappa shape index (κ2) is 6.10. The van der Waals surface area contributed by atoms with Gasteiger partial charge in [0.1, 0.15) is 6.04 Å². The highest BCUT2D eigenvalue weighted by molar-refractivity contribution is 8.00. The van der Waals surface area contributed by atoms with Crippen LogP contribution in [-0.2, 0) is 9.59 Å². The summed E-state index contributed by atoms with van der Waals surface area (Å²) in [6.07, 6.45) is 0. The molecule has 1 atom stereocenters. The molecule has 1 aliphatic rings. The number of hydrogen-bond donors (Lipinski definition) is 2. The van der Waals surface area contributed by atoms with Crippen LogP contribution in [0.2, 0.25) is 0 Å². The SMILES string of the molecule is CC(C)c1ccc(NC(=O)C2CSCC(=O)N2)cc1. The van der Waals surface area contributed by atoms with E-state index in [9.17, 15) is 9.59 Å². The van der Waals surface area contributed by atoms with E-state index in [1.807, 2.05) is 24.3 Å². The van der Waals surface area contributed by atoms with Crippen LogP contribution < -0.4 is 10.6 Å². The van der Waals surface area contributed by atoms with Gasteiger partial charge in [-0.1, -0.05) is 26.0 Å². The Bertz CT molecular complexity index is 471. The first-order valence-electron chi connectivity index (χ1n) is 6.34. The summed E-state index contributed by atoms with van der Waals surface area (Å²) < 4.78 is 0. The van der Waals surface area contributed by atoms with Crippen LogP contribution in [0.4, 0.5) is 5.69 Å². The Hall–Kier alpha value is -1.49. The zero-order valence-electron chi connectivity index (χ0n) is 11.1. The van der Waals surface area contributed by atoms with Crippen molar-refractivity contribution < 1.29 is 9.59 Å². The number of carbonyl (C=O) groups excluding carboxylic acids is 2. The van der Waals surface area contributed by atoms with E-state index in [0.717, 1.165) is 5.69 Å². The van der Waals surface area contributed by atoms with Crippen molar-refractivity contribution in [2.75, 3.05) is 16.8 Å². The zero-order valence-corrected chi connectivity index (χ0v) is 11.9.